The number of amides is 2. The van der Waals surface area contributed by atoms with Crippen LogP contribution in [-0.4, -0.2) is 36.7 Å². The molecule has 0 aliphatic heterocycles. The van der Waals surface area contributed by atoms with Gasteiger partial charge in [-0.1, -0.05) is 0 Å². The first-order valence-corrected chi connectivity index (χ1v) is 8.18. The summed E-state index contributed by atoms with van der Waals surface area (Å²) in [5.74, 6) is 1.11. The molecular weight excluding hydrogens is 308 g/mol. The van der Waals surface area contributed by atoms with Crippen LogP contribution in [0.25, 0.3) is 0 Å². The zero-order valence-corrected chi connectivity index (χ0v) is 13.4. The number of rotatable bonds is 6. The maximum absolute atomic E-state index is 13.0. The minimum absolute atomic E-state index is 0.0747. The Morgan fingerprint density at radius 2 is 1.50 bits per heavy atom. The summed E-state index contributed by atoms with van der Waals surface area (Å²) in [6.07, 6.45) is 9.57. The van der Waals surface area contributed by atoms with Gasteiger partial charge in [-0.25, -0.2) is 9.97 Å². The topological polar surface area (TPSA) is 121 Å². The Kier molecular flexibility index (Phi) is 4.93. The second-order valence-corrected chi connectivity index (χ2v) is 6.22. The van der Waals surface area contributed by atoms with Crippen LogP contribution in [0.3, 0.4) is 0 Å². The van der Waals surface area contributed by atoms with E-state index in [1.54, 1.807) is 29.7 Å². The fraction of sp³-hybridized carbons (Fsp3) is 0.500. The van der Waals surface area contributed by atoms with Crippen LogP contribution >= 0.6 is 0 Å². The van der Waals surface area contributed by atoms with Crippen LogP contribution in [0, 0.1) is 11.8 Å². The summed E-state index contributed by atoms with van der Waals surface area (Å²) in [5.41, 5.74) is 5.37. The lowest BCUT2D eigenvalue weighted by Gasteiger charge is -2.30. The molecule has 0 saturated heterocycles. The highest BCUT2D eigenvalue weighted by Gasteiger charge is 2.31. The maximum Gasteiger partial charge on any atom is 0.226 e. The number of hydrogen-bond donors (Lipinski definition) is 3. The van der Waals surface area contributed by atoms with Gasteiger partial charge in [-0.2, -0.15) is 0 Å². The van der Waals surface area contributed by atoms with E-state index in [2.05, 4.69) is 19.9 Å². The molecule has 4 N–H and O–H groups in total. The van der Waals surface area contributed by atoms with Crippen LogP contribution in [0.4, 0.5) is 0 Å². The molecule has 0 radical (unpaired) electrons. The third-order valence-corrected chi connectivity index (χ3v) is 4.58. The number of primary amides is 1. The van der Waals surface area contributed by atoms with Crippen LogP contribution < -0.4 is 5.73 Å². The number of nitrogens with one attached hydrogen (secondary N) is 2. The highest BCUT2D eigenvalue weighted by Crippen LogP contribution is 2.30. The van der Waals surface area contributed by atoms with E-state index < -0.39 is 0 Å². The number of imidazole rings is 2. The molecule has 2 aromatic heterocycles. The molecule has 1 aliphatic carbocycles. The van der Waals surface area contributed by atoms with Crippen LogP contribution in [0.1, 0.15) is 37.3 Å². The summed E-state index contributed by atoms with van der Waals surface area (Å²) in [6, 6.07) is 0. The van der Waals surface area contributed by atoms with Gasteiger partial charge in [0.15, 0.2) is 0 Å². The van der Waals surface area contributed by atoms with Crippen LogP contribution in [0.15, 0.2) is 24.8 Å². The van der Waals surface area contributed by atoms with Gasteiger partial charge < -0.3 is 20.6 Å². The summed E-state index contributed by atoms with van der Waals surface area (Å²) in [7, 11) is 0. The van der Waals surface area contributed by atoms with Gasteiger partial charge in [0.2, 0.25) is 11.8 Å². The first kappa shape index (κ1) is 16.2. The van der Waals surface area contributed by atoms with Crippen molar-refractivity contribution >= 4 is 11.8 Å². The quantitative estimate of drug-likeness (QED) is 0.730. The zero-order valence-electron chi connectivity index (χ0n) is 13.4. The number of aromatic amines is 2. The Morgan fingerprint density at radius 1 is 1.00 bits per heavy atom. The average Bonchev–Trinajstić information content (AvgIpc) is 3.27. The van der Waals surface area contributed by atoms with Crippen molar-refractivity contribution in [3.05, 3.63) is 36.4 Å². The number of carbonyl (C=O) groups is 2. The van der Waals surface area contributed by atoms with Crippen molar-refractivity contribution in [3.63, 3.8) is 0 Å². The summed E-state index contributed by atoms with van der Waals surface area (Å²) in [5, 5.41) is 0. The molecule has 1 fully saturated rings. The second-order valence-electron chi connectivity index (χ2n) is 6.22. The Balaban J connectivity index is 1.67. The van der Waals surface area contributed by atoms with E-state index in [4.69, 9.17) is 5.73 Å². The lowest BCUT2D eigenvalue weighted by Crippen LogP contribution is -2.38. The van der Waals surface area contributed by atoms with E-state index in [-0.39, 0.29) is 23.7 Å². The molecule has 0 unspecified atom stereocenters. The molecule has 0 atom stereocenters. The van der Waals surface area contributed by atoms with Gasteiger partial charge >= 0.3 is 0 Å². The van der Waals surface area contributed by atoms with Crippen LogP contribution in [0.5, 0.6) is 0 Å². The SMILES string of the molecule is NC(=O)C1CCC(C(=O)N(Cc2ncc[nH]2)Cc2ncc[nH]2)CC1. The van der Waals surface area contributed by atoms with E-state index in [0.29, 0.717) is 38.8 Å². The number of carbonyl (C=O) groups excluding carboxylic acids is 2. The summed E-state index contributed by atoms with van der Waals surface area (Å²) in [6.45, 7) is 0.810. The van der Waals surface area contributed by atoms with Crippen LogP contribution in [0.2, 0.25) is 0 Å². The number of aromatic nitrogens is 4. The molecule has 128 valence electrons. The van der Waals surface area contributed by atoms with Gasteiger partial charge in [-0.3, -0.25) is 9.59 Å². The molecular formula is C16H22N6O2. The number of H-pyrrole nitrogens is 2. The minimum Gasteiger partial charge on any atom is -0.369 e. The molecule has 2 aromatic rings. The molecule has 0 spiro atoms. The first-order chi connectivity index (χ1) is 11.6. The Bertz CT molecular complexity index is 623. The van der Waals surface area contributed by atoms with Gasteiger partial charge in [0.25, 0.3) is 0 Å². The van der Waals surface area contributed by atoms with Crippen molar-refractivity contribution in [1.82, 2.24) is 24.8 Å². The van der Waals surface area contributed by atoms with Crippen molar-refractivity contribution in [3.8, 4) is 0 Å². The van der Waals surface area contributed by atoms with Crippen molar-refractivity contribution in [2.75, 3.05) is 0 Å². The van der Waals surface area contributed by atoms with E-state index in [1.165, 1.54) is 0 Å². The maximum atomic E-state index is 13.0. The smallest absolute Gasteiger partial charge is 0.226 e. The van der Waals surface area contributed by atoms with E-state index in [0.717, 1.165) is 11.6 Å². The van der Waals surface area contributed by atoms with Gasteiger partial charge in [0.05, 0.1) is 13.1 Å². The van der Waals surface area contributed by atoms with Gasteiger partial charge in [0, 0.05) is 36.6 Å². The highest BCUT2D eigenvalue weighted by molar-refractivity contribution is 5.80. The molecule has 8 heteroatoms. The van der Waals surface area contributed by atoms with E-state index >= 15 is 0 Å². The molecule has 0 bridgehead atoms. The lowest BCUT2D eigenvalue weighted by molar-refractivity contribution is -0.139. The molecule has 0 aromatic carbocycles. The third kappa shape index (κ3) is 3.81. The van der Waals surface area contributed by atoms with Crippen molar-refractivity contribution in [2.45, 2.75) is 38.8 Å². The van der Waals surface area contributed by atoms with Crippen molar-refractivity contribution < 1.29 is 9.59 Å². The number of nitrogens with zero attached hydrogens (tertiary/aromatic N) is 3. The fourth-order valence-electron chi connectivity index (χ4n) is 3.23. The highest BCUT2D eigenvalue weighted by atomic mass is 16.2. The normalized spacial score (nSPS) is 20.7. The molecule has 1 aliphatic rings. The van der Waals surface area contributed by atoms with Crippen molar-refractivity contribution in [1.29, 1.82) is 0 Å². The van der Waals surface area contributed by atoms with Gasteiger partial charge in [-0.15, -0.1) is 0 Å². The standard InChI is InChI=1S/C16H22N6O2/c17-15(23)11-1-3-12(4-2-11)16(24)22(9-13-18-5-6-19-13)10-14-20-7-8-21-14/h5-8,11-12H,1-4,9-10H2,(H2,17,23)(H,18,19)(H,20,21). The van der Waals surface area contributed by atoms with Gasteiger partial charge in [0.1, 0.15) is 11.6 Å². The Labute approximate surface area is 139 Å². The lowest BCUT2D eigenvalue weighted by atomic mass is 9.81. The second kappa shape index (κ2) is 7.29. The predicted molar refractivity (Wildman–Crippen MR) is 86.1 cm³/mol. The summed E-state index contributed by atoms with van der Waals surface area (Å²) < 4.78 is 0. The molecule has 3 rings (SSSR count). The van der Waals surface area contributed by atoms with E-state index in [1.807, 2.05) is 0 Å². The Morgan fingerprint density at radius 3 is 1.92 bits per heavy atom. The number of hydrogen-bond acceptors (Lipinski definition) is 4. The monoisotopic (exact) mass is 330 g/mol. The largest absolute Gasteiger partial charge is 0.369 e. The fourth-order valence-corrected chi connectivity index (χ4v) is 3.23. The average molecular weight is 330 g/mol. The molecule has 2 heterocycles. The summed E-state index contributed by atoms with van der Waals surface area (Å²) in [4.78, 5) is 40.5. The molecule has 1 saturated carbocycles. The minimum atomic E-state index is -0.260. The van der Waals surface area contributed by atoms with E-state index in [9.17, 15) is 9.59 Å². The molecule has 24 heavy (non-hydrogen) atoms. The third-order valence-electron chi connectivity index (χ3n) is 4.58. The van der Waals surface area contributed by atoms with Crippen LogP contribution in [-0.2, 0) is 22.7 Å². The number of nitrogens with two attached hydrogens (primary N) is 1. The molecule has 2 amide bonds. The van der Waals surface area contributed by atoms with Crippen molar-refractivity contribution in [2.24, 2.45) is 17.6 Å². The molecule has 8 nitrogen and oxygen atoms in total. The predicted octanol–water partition coefficient (Wildman–Crippen LogP) is 0.953. The summed E-state index contributed by atoms with van der Waals surface area (Å²) >= 11 is 0. The van der Waals surface area contributed by atoms with Gasteiger partial charge in [-0.05, 0) is 25.7 Å². The zero-order chi connectivity index (χ0) is 16.9. The Hall–Kier alpha value is -2.64. The first-order valence-electron chi connectivity index (χ1n) is 8.18.